The van der Waals surface area contributed by atoms with Gasteiger partial charge < -0.3 is 14.6 Å². The van der Waals surface area contributed by atoms with Crippen LogP contribution in [0.4, 0.5) is 0 Å². The maximum absolute atomic E-state index is 9.86. The molecule has 0 spiro atoms. The first-order valence-electron chi connectivity index (χ1n) is 2.17. The molecule has 54 valence electrons. The summed E-state index contributed by atoms with van der Waals surface area (Å²) < 4.78 is 18.9. The number of methoxy groups -OCH3 is 2. The molecule has 0 aliphatic rings. The Morgan fingerprint density at radius 1 is 1.56 bits per heavy atom. The summed E-state index contributed by atoms with van der Waals surface area (Å²) in [5, 5.41) is 8.22. The van der Waals surface area contributed by atoms with Gasteiger partial charge in [-0.1, -0.05) is 0 Å². The average Bonchev–Trinajstić information content (AvgIpc) is 1.90. The van der Waals surface area contributed by atoms with Crippen molar-refractivity contribution in [2.24, 2.45) is 0 Å². The number of aliphatic hydroxyl groups is 1. The quantitative estimate of drug-likeness (QED) is 0.438. The highest BCUT2D eigenvalue weighted by atomic mass is 32.1. The second-order valence-electron chi connectivity index (χ2n) is 1.22. The molecule has 0 unspecified atom stereocenters. The van der Waals surface area contributed by atoms with Gasteiger partial charge >= 0.3 is 0 Å². The van der Waals surface area contributed by atoms with E-state index in [1.807, 2.05) is 0 Å². The van der Waals surface area contributed by atoms with Crippen molar-refractivity contribution >= 4 is 16.3 Å². The van der Waals surface area contributed by atoms with Gasteiger partial charge in [-0.25, -0.2) is 4.21 Å². The first-order chi connectivity index (χ1) is 4.26. The lowest BCUT2D eigenvalue weighted by Gasteiger charge is -2.07. The summed E-state index contributed by atoms with van der Waals surface area (Å²) in [5.74, 6) is 0. The Morgan fingerprint density at radius 3 is 2.11 bits per heavy atom. The summed E-state index contributed by atoms with van der Waals surface area (Å²) in [6.45, 7) is 0. The predicted octanol–water partition coefficient (Wildman–Crippen LogP) is -0.494. The minimum absolute atomic E-state index is 0.0457. The molecule has 0 radical (unpaired) electrons. The lowest BCUT2D eigenvalue weighted by Crippen LogP contribution is -2.24. The molecule has 0 atom stereocenters. The fraction of sp³-hybridized carbons (Fsp3) is 0.750. The molecule has 0 saturated heterocycles. The van der Waals surface area contributed by atoms with E-state index in [9.17, 15) is 4.21 Å². The third-order valence-electron chi connectivity index (χ3n) is 0.715. The van der Waals surface area contributed by atoms with Gasteiger partial charge in [-0.2, -0.15) is 0 Å². The van der Waals surface area contributed by atoms with Crippen molar-refractivity contribution in [2.45, 2.75) is 6.29 Å². The molecule has 1 N–H and O–H groups in total. The van der Waals surface area contributed by atoms with E-state index in [-0.39, 0.29) is 11.3 Å². The molecule has 0 fully saturated rings. The van der Waals surface area contributed by atoms with Crippen LogP contribution in [0.25, 0.3) is 0 Å². The van der Waals surface area contributed by atoms with Crippen LogP contribution in [0.1, 0.15) is 0 Å². The first kappa shape index (κ1) is 8.77. The molecular weight excluding hydrogens is 144 g/mol. The van der Waals surface area contributed by atoms with Gasteiger partial charge in [0.25, 0.3) is 0 Å². The van der Waals surface area contributed by atoms with E-state index in [0.29, 0.717) is 0 Å². The summed E-state index contributed by atoms with van der Waals surface area (Å²) in [6, 6.07) is 0. The number of hydrogen-bond acceptors (Lipinski definition) is 3. The molecule has 0 amide bonds. The number of aliphatic hydroxyl groups excluding tert-OH is 1. The summed E-state index contributed by atoms with van der Waals surface area (Å²) in [5.41, 5.74) is 0. The zero-order chi connectivity index (χ0) is 7.28. The third-order valence-corrected chi connectivity index (χ3v) is 1.08. The molecule has 0 aromatic carbocycles. The molecule has 9 heavy (non-hydrogen) atoms. The largest absolute Gasteiger partial charge is 0.349 e. The predicted molar refractivity (Wildman–Crippen MR) is 33.6 cm³/mol. The highest BCUT2D eigenvalue weighted by Crippen LogP contribution is 1.88. The Labute approximate surface area is 56.5 Å². The molecule has 0 aromatic rings. The monoisotopic (exact) mass is 152 g/mol. The van der Waals surface area contributed by atoms with E-state index >= 15 is 0 Å². The Bertz CT molecular complexity index is 125. The summed E-state index contributed by atoms with van der Waals surface area (Å²) in [6.07, 6.45) is -0.910. The third kappa shape index (κ3) is 2.71. The van der Waals surface area contributed by atoms with Crippen molar-refractivity contribution in [3.05, 3.63) is 0 Å². The molecule has 0 saturated carbocycles. The van der Waals surface area contributed by atoms with Crippen LogP contribution >= 0.6 is 0 Å². The topological polar surface area (TPSA) is 55.8 Å². The number of hydrogen-bond donors (Lipinski definition) is 1. The van der Waals surface area contributed by atoms with Crippen LogP contribution in [0.5, 0.6) is 0 Å². The van der Waals surface area contributed by atoms with Crippen molar-refractivity contribution in [1.29, 1.82) is 0 Å². The Balaban J connectivity index is 3.95. The van der Waals surface area contributed by atoms with Gasteiger partial charge in [0, 0.05) is 14.2 Å². The Kier molecular flexibility index (Phi) is 4.51. The molecule has 0 heterocycles. The Hall–Kier alpha value is -0.230. The van der Waals surface area contributed by atoms with E-state index in [1.54, 1.807) is 0 Å². The minimum atomic E-state index is -0.910. The van der Waals surface area contributed by atoms with Crippen LogP contribution in [0, 0.1) is 0 Å². The summed E-state index contributed by atoms with van der Waals surface area (Å²) >= 11 is -0.0457. The highest BCUT2D eigenvalue weighted by Gasteiger charge is 2.09. The fourth-order valence-corrected chi connectivity index (χ4v) is 0.608. The van der Waals surface area contributed by atoms with Crippen LogP contribution < -0.4 is 0 Å². The summed E-state index contributed by atoms with van der Waals surface area (Å²) in [4.78, 5) is 0. The van der Waals surface area contributed by atoms with Gasteiger partial charge in [0.15, 0.2) is 5.05 Å². The van der Waals surface area contributed by atoms with Crippen molar-refractivity contribution in [2.75, 3.05) is 14.2 Å². The van der Waals surface area contributed by atoms with E-state index in [4.69, 9.17) is 5.11 Å². The first-order valence-corrected chi connectivity index (χ1v) is 2.91. The molecule has 0 rings (SSSR count). The van der Waals surface area contributed by atoms with E-state index in [2.05, 4.69) is 9.47 Å². The SMILES string of the molecule is COC(OC)C(O)=S=O. The van der Waals surface area contributed by atoms with Crippen LogP contribution in [-0.2, 0) is 20.7 Å². The van der Waals surface area contributed by atoms with E-state index in [1.165, 1.54) is 14.2 Å². The molecular formula is C4H8O4S. The van der Waals surface area contributed by atoms with Gasteiger partial charge in [0.05, 0.1) is 0 Å². The maximum Gasteiger partial charge on any atom is 0.217 e. The second kappa shape index (κ2) is 4.63. The zero-order valence-corrected chi connectivity index (χ0v) is 5.97. The van der Waals surface area contributed by atoms with Crippen molar-refractivity contribution in [1.82, 2.24) is 0 Å². The van der Waals surface area contributed by atoms with Gasteiger partial charge in [0.2, 0.25) is 6.29 Å². The molecule has 0 aliphatic carbocycles. The van der Waals surface area contributed by atoms with Crippen LogP contribution in [0.2, 0.25) is 0 Å². The normalized spacial score (nSPS) is 9.78. The highest BCUT2D eigenvalue weighted by molar-refractivity contribution is 7.66. The molecule has 0 bridgehead atoms. The lowest BCUT2D eigenvalue weighted by molar-refractivity contribution is -0.0595. The number of ether oxygens (including phenoxy) is 2. The second-order valence-corrected chi connectivity index (χ2v) is 1.81. The van der Waals surface area contributed by atoms with Gasteiger partial charge in [-0.15, -0.1) is 0 Å². The number of rotatable bonds is 3. The van der Waals surface area contributed by atoms with Crippen molar-refractivity contribution in [3.63, 3.8) is 0 Å². The van der Waals surface area contributed by atoms with Gasteiger partial charge in [0.1, 0.15) is 11.3 Å². The minimum Gasteiger partial charge on any atom is -0.349 e. The molecule has 0 aromatic heterocycles. The lowest BCUT2D eigenvalue weighted by atomic mass is 10.7. The van der Waals surface area contributed by atoms with Crippen molar-refractivity contribution < 1.29 is 18.8 Å². The van der Waals surface area contributed by atoms with Crippen LogP contribution in [-0.4, -0.2) is 34.9 Å². The standard InChI is InChI=1S/C4H8O4S/c1-7-4(8-2)3(5)9-6/h4-5H,1-2H3. The zero-order valence-electron chi connectivity index (χ0n) is 5.16. The maximum atomic E-state index is 9.86. The van der Waals surface area contributed by atoms with Crippen LogP contribution in [0.3, 0.4) is 0 Å². The average molecular weight is 152 g/mol. The van der Waals surface area contributed by atoms with Crippen LogP contribution in [0.15, 0.2) is 0 Å². The molecule has 5 heteroatoms. The smallest absolute Gasteiger partial charge is 0.217 e. The Morgan fingerprint density at radius 2 is 2.00 bits per heavy atom. The summed E-state index contributed by atoms with van der Waals surface area (Å²) in [7, 11) is 2.67. The van der Waals surface area contributed by atoms with E-state index in [0.717, 1.165) is 0 Å². The van der Waals surface area contributed by atoms with Crippen molar-refractivity contribution in [3.8, 4) is 0 Å². The van der Waals surface area contributed by atoms with E-state index < -0.39 is 11.3 Å². The molecule has 4 nitrogen and oxygen atoms in total. The fourth-order valence-electron chi connectivity index (χ4n) is 0.337. The van der Waals surface area contributed by atoms with Gasteiger partial charge in [-0.05, 0) is 0 Å². The molecule has 0 aliphatic heterocycles. The van der Waals surface area contributed by atoms with Gasteiger partial charge in [-0.3, -0.25) is 0 Å².